The molecule has 0 radical (unpaired) electrons. The normalized spacial score (nSPS) is 11.7. The van der Waals surface area contributed by atoms with Gasteiger partial charge in [0.2, 0.25) is 5.91 Å². The first kappa shape index (κ1) is 17.3. The standard InChI is InChI=1S/C14H20F3N3O/c1-3-6-20(9-13(21)19-2)8-10-4-5-11(18)7-12(10)14(15,16)17/h4-5,7H,3,6,8-9,18H2,1-2H3,(H,19,21). The predicted molar refractivity (Wildman–Crippen MR) is 75.5 cm³/mol. The molecule has 0 aromatic heterocycles. The van der Waals surface area contributed by atoms with Crippen molar-refractivity contribution < 1.29 is 18.0 Å². The molecular formula is C14H20F3N3O. The van der Waals surface area contributed by atoms with Crippen LogP contribution in [0, 0.1) is 0 Å². The summed E-state index contributed by atoms with van der Waals surface area (Å²) in [7, 11) is 1.50. The Morgan fingerprint density at radius 1 is 1.38 bits per heavy atom. The average Bonchev–Trinajstić information content (AvgIpc) is 2.39. The number of carbonyl (C=O) groups excluding carboxylic acids is 1. The molecule has 1 amide bonds. The van der Waals surface area contributed by atoms with Gasteiger partial charge in [0.15, 0.2) is 0 Å². The van der Waals surface area contributed by atoms with Gasteiger partial charge < -0.3 is 11.1 Å². The van der Waals surface area contributed by atoms with Crippen LogP contribution in [0.2, 0.25) is 0 Å². The third-order valence-electron chi connectivity index (χ3n) is 3.02. The lowest BCUT2D eigenvalue weighted by atomic mass is 10.1. The lowest BCUT2D eigenvalue weighted by Crippen LogP contribution is -2.36. The van der Waals surface area contributed by atoms with Gasteiger partial charge in [-0.05, 0) is 30.7 Å². The number of likely N-dealkylation sites (N-methyl/N-ethyl adjacent to an activating group) is 1. The minimum absolute atomic E-state index is 0.0520. The molecule has 0 bridgehead atoms. The van der Waals surface area contributed by atoms with E-state index in [4.69, 9.17) is 5.73 Å². The van der Waals surface area contributed by atoms with Crippen molar-refractivity contribution in [2.75, 3.05) is 25.9 Å². The van der Waals surface area contributed by atoms with Crippen molar-refractivity contribution in [2.45, 2.75) is 26.1 Å². The number of amides is 1. The minimum atomic E-state index is -4.46. The number of nitrogens with one attached hydrogen (secondary N) is 1. The van der Waals surface area contributed by atoms with E-state index in [1.54, 1.807) is 4.90 Å². The molecule has 0 aliphatic carbocycles. The molecule has 0 saturated heterocycles. The zero-order valence-corrected chi connectivity index (χ0v) is 12.1. The second kappa shape index (κ2) is 7.31. The zero-order valence-electron chi connectivity index (χ0n) is 12.1. The Morgan fingerprint density at radius 3 is 2.57 bits per heavy atom. The third kappa shape index (κ3) is 5.26. The SMILES string of the molecule is CCCN(CC(=O)NC)Cc1ccc(N)cc1C(F)(F)F. The first-order valence-corrected chi connectivity index (χ1v) is 6.66. The average molecular weight is 303 g/mol. The Morgan fingerprint density at radius 2 is 2.05 bits per heavy atom. The topological polar surface area (TPSA) is 58.4 Å². The van der Waals surface area contributed by atoms with E-state index in [-0.39, 0.29) is 30.2 Å². The Bertz CT molecular complexity index is 489. The van der Waals surface area contributed by atoms with Crippen LogP contribution in [0.5, 0.6) is 0 Å². The van der Waals surface area contributed by atoms with Crippen molar-refractivity contribution in [3.8, 4) is 0 Å². The number of hydrogen-bond donors (Lipinski definition) is 2. The van der Waals surface area contributed by atoms with Crippen molar-refractivity contribution in [3.63, 3.8) is 0 Å². The van der Waals surface area contributed by atoms with Crippen LogP contribution < -0.4 is 11.1 Å². The molecule has 21 heavy (non-hydrogen) atoms. The number of nitrogens with zero attached hydrogens (tertiary/aromatic N) is 1. The number of rotatable bonds is 6. The van der Waals surface area contributed by atoms with Gasteiger partial charge >= 0.3 is 6.18 Å². The van der Waals surface area contributed by atoms with Gasteiger partial charge in [-0.1, -0.05) is 13.0 Å². The summed E-state index contributed by atoms with van der Waals surface area (Å²) in [4.78, 5) is 13.1. The van der Waals surface area contributed by atoms with Crippen LogP contribution in [0.4, 0.5) is 18.9 Å². The predicted octanol–water partition coefficient (Wildman–Crippen LogP) is 2.25. The molecular weight excluding hydrogens is 283 g/mol. The maximum Gasteiger partial charge on any atom is 0.416 e. The van der Waals surface area contributed by atoms with Crippen LogP contribution >= 0.6 is 0 Å². The lowest BCUT2D eigenvalue weighted by Gasteiger charge is -2.23. The fourth-order valence-corrected chi connectivity index (χ4v) is 2.05. The molecule has 1 rings (SSSR count). The van der Waals surface area contributed by atoms with Gasteiger partial charge in [0, 0.05) is 19.3 Å². The summed E-state index contributed by atoms with van der Waals surface area (Å²) in [5.74, 6) is -0.229. The van der Waals surface area contributed by atoms with Crippen LogP contribution in [0.25, 0.3) is 0 Å². The molecule has 3 N–H and O–H groups in total. The second-order valence-electron chi connectivity index (χ2n) is 4.80. The molecule has 0 aliphatic rings. The zero-order chi connectivity index (χ0) is 16.0. The first-order chi connectivity index (χ1) is 9.77. The van der Waals surface area contributed by atoms with Gasteiger partial charge in [-0.2, -0.15) is 13.2 Å². The maximum atomic E-state index is 13.0. The minimum Gasteiger partial charge on any atom is -0.399 e. The Kier molecular flexibility index (Phi) is 6.02. The highest BCUT2D eigenvalue weighted by atomic mass is 19.4. The Labute approximate surface area is 122 Å². The molecule has 4 nitrogen and oxygen atoms in total. The number of nitrogens with two attached hydrogens (primary N) is 1. The van der Waals surface area contributed by atoms with Crippen LogP contribution in [-0.2, 0) is 17.5 Å². The molecule has 0 fully saturated rings. The molecule has 1 aromatic rings. The molecule has 1 aromatic carbocycles. The summed E-state index contributed by atoms with van der Waals surface area (Å²) >= 11 is 0. The van der Waals surface area contributed by atoms with E-state index < -0.39 is 11.7 Å². The molecule has 118 valence electrons. The van der Waals surface area contributed by atoms with Crippen molar-refractivity contribution in [2.24, 2.45) is 0 Å². The molecule has 0 atom stereocenters. The first-order valence-electron chi connectivity index (χ1n) is 6.66. The molecule has 0 saturated carbocycles. The monoisotopic (exact) mass is 303 g/mol. The van der Waals surface area contributed by atoms with Crippen molar-refractivity contribution in [1.82, 2.24) is 10.2 Å². The van der Waals surface area contributed by atoms with Crippen molar-refractivity contribution in [3.05, 3.63) is 29.3 Å². The molecule has 0 spiro atoms. The highest BCUT2D eigenvalue weighted by Gasteiger charge is 2.33. The number of nitrogen functional groups attached to an aromatic ring is 1. The third-order valence-corrected chi connectivity index (χ3v) is 3.02. The maximum absolute atomic E-state index is 13.0. The van der Waals surface area contributed by atoms with E-state index in [1.165, 1.54) is 19.2 Å². The fraction of sp³-hybridized carbons (Fsp3) is 0.500. The molecule has 0 heterocycles. The van der Waals surface area contributed by atoms with Gasteiger partial charge in [-0.3, -0.25) is 9.69 Å². The van der Waals surface area contributed by atoms with Crippen LogP contribution in [0.3, 0.4) is 0 Å². The highest BCUT2D eigenvalue weighted by Crippen LogP contribution is 2.33. The van der Waals surface area contributed by atoms with E-state index in [2.05, 4.69) is 5.32 Å². The molecule has 7 heteroatoms. The van der Waals surface area contributed by atoms with Gasteiger partial charge in [0.1, 0.15) is 0 Å². The molecule has 0 unspecified atom stereocenters. The number of benzene rings is 1. The summed E-state index contributed by atoms with van der Waals surface area (Å²) < 4.78 is 39.1. The Hall–Kier alpha value is -1.76. The van der Waals surface area contributed by atoms with Gasteiger partial charge in [0.05, 0.1) is 12.1 Å². The van der Waals surface area contributed by atoms with Crippen molar-refractivity contribution >= 4 is 11.6 Å². The van der Waals surface area contributed by atoms with E-state index in [1.807, 2.05) is 6.92 Å². The number of hydrogen-bond acceptors (Lipinski definition) is 3. The van der Waals surface area contributed by atoms with Crippen LogP contribution in [-0.4, -0.2) is 30.9 Å². The highest BCUT2D eigenvalue weighted by molar-refractivity contribution is 5.77. The summed E-state index contributed by atoms with van der Waals surface area (Å²) in [5, 5.41) is 2.47. The van der Waals surface area contributed by atoms with Crippen LogP contribution in [0.1, 0.15) is 24.5 Å². The van der Waals surface area contributed by atoms with Gasteiger partial charge in [0.25, 0.3) is 0 Å². The summed E-state index contributed by atoms with van der Waals surface area (Å²) in [5.41, 5.74) is 4.88. The summed E-state index contributed by atoms with van der Waals surface area (Å²) in [6.45, 7) is 2.56. The summed E-state index contributed by atoms with van der Waals surface area (Å²) in [6, 6.07) is 3.73. The second-order valence-corrected chi connectivity index (χ2v) is 4.80. The van der Waals surface area contributed by atoms with Crippen LogP contribution in [0.15, 0.2) is 18.2 Å². The lowest BCUT2D eigenvalue weighted by molar-refractivity contribution is -0.138. The van der Waals surface area contributed by atoms with E-state index in [9.17, 15) is 18.0 Å². The largest absolute Gasteiger partial charge is 0.416 e. The van der Waals surface area contributed by atoms with E-state index >= 15 is 0 Å². The number of anilines is 1. The smallest absolute Gasteiger partial charge is 0.399 e. The van der Waals surface area contributed by atoms with E-state index in [0.717, 1.165) is 12.5 Å². The molecule has 0 aliphatic heterocycles. The Balaban J connectivity index is 3.00. The number of halogens is 3. The van der Waals surface area contributed by atoms with Gasteiger partial charge in [-0.15, -0.1) is 0 Å². The quantitative estimate of drug-likeness (QED) is 0.793. The van der Waals surface area contributed by atoms with Crippen molar-refractivity contribution in [1.29, 1.82) is 0 Å². The van der Waals surface area contributed by atoms with Gasteiger partial charge in [-0.25, -0.2) is 0 Å². The fourth-order valence-electron chi connectivity index (χ4n) is 2.05. The number of carbonyl (C=O) groups is 1. The number of alkyl halides is 3. The summed E-state index contributed by atoms with van der Waals surface area (Å²) in [6.07, 6.45) is -3.72. The van der Waals surface area contributed by atoms with E-state index in [0.29, 0.717) is 6.54 Å².